The lowest BCUT2D eigenvalue weighted by Crippen LogP contribution is -2.11. The molecule has 0 radical (unpaired) electrons. The highest BCUT2D eigenvalue weighted by atomic mass is 35.5. The van der Waals surface area contributed by atoms with Crippen LogP contribution in [0.4, 0.5) is 0 Å². The molecule has 2 atom stereocenters. The highest BCUT2D eigenvalue weighted by Gasteiger charge is 2.18. The molecular formula is C12H16Cl2O2. The molecule has 0 aliphatic rings. The molecule has 1 aromatic rings. The van der Waals surface area contributed by atoms with Crippen molar-refractivity contribution in [1.29, 1.82) is 0 Å². The fraction of sp³-hybridized carbons (Fsp3) is 0.500. The first-order valence-electron chi connectivity index (χ1n) is 5.18. The minimum atomic E-state index is -0.583. The standard InChI is InChI=1S/C12H16Cl2O2/c1-8(5-6-16-2)12(15)10-4-3-9(13)7-11(10)14/h3-4,7-8,12,15H,5-6H2,1-2H3. The van der Waals surface area contributed by atoms with Gasteiger partial charge in [-0.2, -0.15) is 0 Å². The van der Waals surface area contributed by atoms with E-state index in [-0.39, 0.29) is 5.92 Å². The topological polar surface area (TPSA) is 29.5 Å². The minimum Gasteiger partial charge on any atom is -0.388 e. The van der Waals surface area contributed by atoms with Crippen molar-refractivity contribution in [3.8, 4) is 0 Å². The van der Waals surface area contributed by atoms with Crippen LogP contribution in [0.5, 0.6) is 0 Å². The Kier molecular flexibility index (Phi) is 5.56. The molecule has 1 aromatic carbocycles. The molecule has 90 valence electrons. The third-order valence-corrected chi connectivity index (χ3v) is 3.16. The Hall–Kier alpha value is -0.280. The van der Waals surface area contributed by atoms with Gasteiger partial charge in [-0.25, -0.2) is 0 Å². The molecule has 0 heterocycles. The van der Waals surface area contributed by atoms with E-state index in [1.165, 1.54) is 0 Å². The average Bonchev–Trinajstić information content (AvgIpc) is 2.25. The van der Waals surface area contributed by atoms with Gasteiger partial charge in [-0.3, -0.25) is 0 Å². The SMILES string of the molecule is COCCC(C)C(O)c1ccc(Cl)cc1Cl. The van der Waals surface area contributed by atoms with Crippen molar-refractivity contribution >= 4 is 23.2 Å². The van der Waals surface area contributed by atoms with Gasteiger partial charge in [-0.1, -0.05) is 36.2 Å². The van der Waals surface area contributed by atoms with E-state index in [0.29, 0.717) is 16.7 Å². The van der Waals surface area contributed by atoms with E-state index in [1.54, 1.807) is 25.3 Å². The third kappa shape index (κ3) is 3.63. The lowest BCUT2D eigenvalue weighted by molar-refractivity contribution is 0.0887. The van der Waals surface area contributed by atoms with Crippen molar-refractivity contribution in [3.63, 3.8) is 0 Å². The maximum absolute atomic E-state index is 10.1. The summed E-state index contributed by atoms with van der Waals surface area (Å²) >= 11 is 11.8. The van der Waals surface area contributed by atoms with Crippen molar-refractivity contribution in [2.24, 2.45) is 5.92 Å². The number of aliphatic hydroxyl groups is 1. The van der Waals surface area contributed by atoms with Crippen molar-refractivity contribution in [1.82, 2.24) is 0 Å². The molecule has 0 aliphatic carbocycles. The first-order chi connectivity index (χ1) is 7.56. The second-order valence-electron chi connectivity index (χ2n) is 3.87. The molecule has 0 aliphatic heterocycles. The minimum absolute atomic E-state index is 0.0959. The van der Waals surface area contributed by atoms with Gasteiger partial charge in [-0.15, -0.1) is 0 Å². The van der Waals surface area contributed by atoms with Gasteiger partial charge >= 0.3 is 0 Å². The third-order valence-electron chi connectivity index (χ3n) is 2.60. The predicted molar refractivity (Wildman–Crippen MR) is 67.1 cm³/mol. The molecule has 0 aromatic heterocycles. The Bertz CT molecular complexity index is 342. The van der Waals surface area contributed by atoms with Crippen molar-refractivity contribution in [2.75, 3.05) is 13.7 Å². The summed E-state index contributed by atoms with van der Waals surface area (Å²) in [6.07, 6.45) is 0.205. The van der Waals surface area contributed by atoms with Gasteiger partial charge < -0.3 is 9.84 Å². The van der Waals surface area contributed by atoms with Crippen molar-refractivity contribution in [3.05, 3.63) is 33.8 Å². The van der Waals surface area contributed by atoms with E-state index < -0.39 is 6.10 Å². The van der Waals surface area contributed by atoms with Crippen LogP contribution in [0.2, 0.25) is 10.0 Å². The molecule has 2 nitrogen and oxygen atoms in total. The Morgan fingerprint density at radius 1 is 1.38 bits per heavy atom. The number of halogens is 2. The molecule has 0 bridgehead atoms. The van der Waals surface area contributed by atoms with Crippen LogP contribution in [0.3, 0.4) is 0 Å². The van der Waals surface area contributed by atoms with Crippen molar-refractivity contribution in [2.45, 2.75) is 19.4 Å². The number of methoxy groups -OCH3 is 1. The van der Waals surface area contributed by atoms with Crippen LogP contribution in [0.15, 0.2) is 18.2 Å². The summed E-state index contributed by atoms with van der Waals surface area (Å²) in [5, 5.41) is 11.2. The number of ether oxygens (including phenoxy) is 1. The summed E-state index contributed by atoms with van der Waals surface area (Å²) in [7, 11) is 1.65. The largest absolute Gasteiger partial charge is 0.388 e. The second kappa shape index (κ2) is 6.45. The lowest BCUT2D eigenvalue weighted by atomic mass is 9.95. The van der Waals surface area contributed by atoms with Gasteiger partial charge in [0.1, 0.15) is 0 Å². The molecule has 16 heavy (non-hydrogen) atoms. The number of aliphatic hydroxyl groups excluding tert-OH is 1. The molecule has 0 fully saturated rings. The highest BCUT2D eigenvalue weighted by Crippen LogP contribution is 2.31. The van der Waals surface area contributed by atoms with E-state index in [1.807, 2.05) is 6.92 Å². The van der Waals surface area contributed by atoms with Crippen LogP contribution in [0.25, 0.3) is 0 Å². The Balaban J connectivity index is 2.75. The first kappa shape index (κ1) is 13.8. The van der Waals surface area contributed by atoms with Crippen LogP contribution >= 0.6 is 23.2 Å². The fourth-order valence-corrected chi connectivity index (χ4v) is 2.03. The van der Waals surface area contributed by atoms with Gasteiger partial charge in [-0.05, 0) is 30.0 Å². The average molecular weight is 263 g/mol. The van der Waals surface area contributed by atoms with Gasteiger partial charge in [0.25, 0.3) is 0 Å². The number of benzene rings is 1. The summed E-state index contributed by atoms with van der Waals surface area (Å²) in [5.41, 5.74) is 0.717. The lowest BCUT2D eigenvalue weighted by Gasteiger charge is -2.20. The number of hydrogen-bond acceptors (Lipinski definition) is 2. The van der Waals surface area contributed by atoms with Crippen LogP contribution in [-0.2, 0) is 4.74 Å². The molecular weight excluding hydrogens is 247 g/mol. The zero-order valence-electron chi connectivity index (χ0n) is 9.41. The normalized spacial score (nSPS) is 14.8. The van der Waals surface area contributed by atoms with E-state index in [9.17, 15) is 5.11 Å². The zero-order valence-corrected chi connectivity index (χ0v) is 10.9. The Morgan fingerprint density at radius 2 is 2.06 bits per heavy atom. The summed E-state index contributed by atoms with van der Waals surface area (Å²) in [5.74, 6) is 0.0959. The fourth-order valence-electron chi connectivity index (χ4n) is 1.51. The molecule has 0 saturated heterocycles. The summed E-state index contributed by atoms with van der Waals surface area (Å²) in [4.78, 5) is 0. The van der Waals surface area contributed by atoms with E-state index in [0.717, 1.165) is 12.0 Å². The van der Waals surface area contributed by atoms with E-state index in [2.05, 4.69) is 0 Å². The van der Waals surface area contributed by atoms with Gasteiger partial charge in [0.15, 0.2) is 0 Å². The van der Waals surface area contributed by atoms with Crippen LogP contribution in [-0.4, -0.2) is 18.8 Å². The summed E-state index contributed by atoms with van der Waals surface area (Å²) < 4.78 is 4.98. The molecule has 1 rings (SSSR count). The van der Waals surface area contributed by atoms with Gasteiger partial charge in [0.2, 0.25) is 0 Å². The van der Waals surface area contributed by atoms with Crippen LogP contribution < -0.4 is 0 Å². The summed E-state index contributed by atoms with van der Waals surface area (Å²) in [6, 6.07) is 5.14. The summed E-state index contributed by atoms with van der Waals surface area (Å²) in [6.45, 7) is 2.60. The highest BCUT2D eigenvalue weighted by molar-refractivity contribution is 6.35. The smallest absolute Gasteiger partial charge is 0.0830 e. The maximum Gasteiger partial charge on any atom is 0.0830 e. The van der Waals surface area contributed by atoms with Crippen LogP contribution in [0, 0.1) is 5.92 Å². The van der Waals surface area contributed by atoms with Crippen LogP contribution in [0.1, 0.15) is 25.0 Å². The molecule has 4 heteroatoms. The zero-order chi connectivity index (χ0) is 12.1. The van der Waals surface area contributed by atoms with Crippen molar-refractivity contribution < 1.29 is 9.84 Å². The van der Waals surface area contributed by atoms with Gasteiger partial charge in [0, 0.05) is 23.8 Å². The molecule has 0 amide bonds. The molecule has 2 unspecified atom stereocenters. The molecule has 0 saturated carbocycles. The monoisotopic (exact) mass is 262 g/mol. The quantitative estimate of drug-likeness (QED) is 0.877. The Morgan fingerprint density at radius 3 is 2.62 bits per heavy atom. The Labute approximate surface area is 106 Å². The second-order valence-corrected chi connectivity index (χ2v) is 4.71. The molecule has 1 N–H and O–H groups in total. The number of hydrogen-bond donors (Lipinski definition) is 1. The predicted octanol–water partition coefficient (Wildman–Crippen LogP) is 3.70. The molecule has 0 spiro atoms. The first-order valence-corrected chi connectivity index (χ1v) is 5.93. The van der Waals surface area contributed by atoms with E-state index in [4.69, 9.17) is 27.9 Å². The number of rotatable bonds is 5. The van der Waals surface area contributed by atoms with Gasteiger partial charge in [0.05, 0.1) is 6.10 Å². The van der Waals surface area contributed by atoms with E-state index >= 15 is 0 Å². The maximum atomic E-state index is 10.1.